The molecular weight excluding hydrogens is 294 g/mol. The molecule has 1 unspecified atom stereocenters. The van der Waals surface area contributed by atoms with Crippen molar-refractivity contribution in [3.05, 3.63) is 84.1 Å². The Morgan fingerprint density at radius 3 is 2.75 bits per heavy atom. The Hall–Kier alpha value is -2.35. The second-order valence-electron chi connectivity index (χ2n) is 5.81. The molecule has 0 bridgehead atoms. The Labute approximate surface area is 145 Å². The van der Waals surface area contributed by atoms with Crippen LogP contribution >= 0.6 is 0 Å². The largest absolute Gasteiger partial charge is 0.469 e. The quantitative estimate of drug-likeness (QED) is 0.589. The second-order valence-corrected chi connectivity index (χ2v) is 5.81. The van der Waals surface area contributed by atoms with Crippen molar-refractivity contribution < 1.29 is 4.42 Å². The van der Waals surface area contributed by atoms with E-state index in [0.29, 0.717) is 5.92 Å². The van der Waals surface area contributed by atoms with Gasteiger partial charge in [0.2, 0.25) is 0 Å². The van der Waals surface area contributed by atoms with Crippen molar-refractivity contribution in [2.24, 2.45) is 5.92 Å². The van der Waals surface area contributed by atoms with E-state index in [9.17, 15) is 0 Å². The number of hydrogen-bond acceptors (Lipinski definition) is 2. The van der Waals surface area contributed by atoms with E-state index in [4.69, 9.17) is 4.42 Å². The molecule has 2 nitrogen and oxygen atoms in total. The highest BCUT2D eigenvalue weighted by molar-refractivity contribution is 5.72. The van der Waals surface area contributed by atoms with Crippen molar-refractivity contribution in [2.75, 3.05) is 0 Å². The molecule has 1 atom stereocenters. The van der Waals surface area contributed by atoms with Crippen LogP contribution in [0.2, 0.25) is 0 Å². The van der Waals surface area contributed by atoms with Crippen molar-refractivity contribution in [2.45, 2.75) is 40.0 Å². The molecule has 1 aliphatic carbocycles. The van der Waals surface area contributed by atoms with E-state index < -0.39 is 0 Å². The maximum absolute atomic E-state index is 5.39. The van der Waals surface area contributed by atoms with Gasteiger partial charge in [-0.05, 0) is 48.1 Å². The highest BCUT2D eigenvalue weighted by Gasteiger charge is 2.18. The third kappa shape index (κ3) is 4.58. The molecule has 24 heavy (non-hydrogen) atoms. The van der Waals surface area contributed by atoms with E-state index >= 15 is 0 Å². The molecule has 0 fully saturated rings. The Morgan fingerprint density at radius 1 is 1.25 bits per heavy atom. The molecule has 0 spiro atoms. The van der Waals surface area contributed by atoms with E-state index in [2.05, 4.69) is 36.7 Å². The fourth-order valence-electron chi connectivity index (χ4n) is 2.81. The van der Waals surface area contributed by atoms with Gasteiger partial charge in [0.15, 0.2) is 0 Å². The van der Waals surface area contributed by atoms with Crippen LogP contribution in [0.15, 0.2) is 77.2 Å². The first kappa shape index (κ1) is 18.0. The van der Waals surface area contributed by atoms with Gasteiger partial charge < -0.3 is 4.42 Å². The van der Waals surface area contributed by atoms with Crippen molar-refractivity contribution in [3.63, 3.8) is 0 Å². The SMILES string of the molecule is C=C(CCc1ccco1)C(C)C1=CC=C(c2cccnc2)C1.CC. The summed E-state index contributed by atoms with van der Waals surface area (Å²) in [4.78, 5) is 4.20. The molecule has 0 amide bonds. The summed E-state index contributed by atoms with van der Waals surface area (Å²) in [5.41, 5.74) is 5.25. The molecule has 1 aliphatic rings. The predicted octanol–water partition coefficient (Wildman–Crippen LogP) is 6.24. The lowest BCUT2D eigenvalue weighted by Crippen LogP contribution is -2.03. The standard InChI is InChI=1S/C20H21NO.C2H6/c1-15(7-10-20-6-4-12-22-20)16(2)17-8-9-18(13-17)19-5-3-11-21-14-19;1-2/h3-6,8-9,11-12,14,16H,1,7,10,13H2,2H3;1-2H3. The molecule has 2 aromatic rings. The lowest BCUT2D eigenvalue weighted by atomic mass is 9.88. The number of aromatic nitrogens is 1. The minimum absolute atomic E-state index is 0.403. The number of furan rings is 1. The van der Waals surface area contributed by atoms with Crippen molar-refractivity contribution in [1.82, 2.24) is 4.98 Å². The first-order valence-corrected chi connectivity index (χ1v) is 8.74. The first-order chi connectivity index (χ1) is 11.7. The zero-order valence-electron chi connectivity index (χ0n) is 15.0. The minimum atomic E-state index is 0.403. The van der Waals surface area contributed by atoms with Crippen LogP contribution in [0.5, 0.6) is 0 Å². The number of aryl methyl sites for hydroxylation is 1. The molecule has 126 valence electrons. The number of rotatable bonds is 6. The first-order valence-electron chi connectivity index (χ1n) is 8.74. The minimum Gasteiger partial charge on any atom is -0.469 e. The average molecular weight is 321 g/mol. The summed E-state index contributed by atoms with van der Waals surface area (Å²) < 4.78 is 5.39. The van der Waals surface area contributed by atoms with Gasteiger partial charge in [0.25, 0.3) is 0 Å². The molecule has 2 aromatic heterocycles. The molecule has 0 N–H and O–H groups in total. The molecule has 2 heterocycles. The number of hydrogen-bond donors (Lipinski definition) is 0. The van der Waals surface area contributed by atoms with Crippen LogP contribution in [0.4, 0.5) is 0 Å². The molecule has 0 aliphatic heterocycles. The van der Waals surface area contributed by atoms with Crippen LogP contribution in [0.25, 0.3) is 5.57 Å². The highest BCUT2D eigenvalue weighted by Crippen LogP contribution is 2.35. The van der Waals surface area contributed by atoms with Crippen LogP contribution < -0.4 is 0 Å². The molecule has 3 rings (SSSR count). The maximum Gasteiger partial charge on any atom is 0.104 e. The van der Waals surface area contributed by atoms with Crippen LogP contribution in [0, 0.1) is 5.92 Å². The van der Waals surface area contributed by atoms with E-state index in [1.54, 1.807) is 6.26 Å². The fraction of sp³-hybridized carbons (Fsp3) is 0.318. The third-order valence-electron chi connectivity index (χ3n) is 4.37. The van der Waals surface area contributed by atoms with Crippen LogP contribution in [-0.2, 0) is 6.42 Å². The predicted molar refractivity (Wildman–Crippen MR) is 102 cm³/mol. The second kappa shape index (κ2) is 9.07. The topological polar surface area (TPSA) is 26.0 Å². The smallest absolute Gasteiger partial charge is 0.104 e. The third-order valence-corrected chi connectivity index (χ3v) is 4.37. The summed E-state index contributed by atoms with van der Waals surface area (Å²) >= 11 is 0. The van der Waals surface area contributed by atoms with Crippen molar-refractivity contribution in [3.8, 4) is 0 Å². The summed E-state index contributed by atoms with van der Waals surface area (Å²) in [7, 11) is 0. The van der Waals surface area contributed by atoms with Gasteiger partial charge in [-0.15, -0.1) is 0 Å². The fourth-order valence-corrected chi connectivity index (χ4v) is 2.81. The van der Waals surface area contributed by atoms with Crippen molar-refractivity contribution >= 4 is 5.57 Å². The number of pyridine rings is 1. The molecule has 2 heteroatoms. The van der Waals surface area contributed by atoms with Gasteiger partial charge in [0.05, 0.1) is 6.26 Å². The monoisotopic (exact) mass is 321 g/mol. The summed E-state index contributed by atoms with van der Waals surface area (Å²) in [5.74, 6) is 1.43. The Balaban J connectivity index is 0.00000100. The molecule has 0 saturated heterocycles. The van der Waals surface area contributed by atoms with Crippen LogP contribution in [0.3, 0.4) is 0 Å². The van der Waals surface area contributed by atoms with Gasteiger partial charge in [0, 0.05) is 18.8 Å². The summed E-state index contributed by atoms with van der Waals surface area (Å²) in [6.45, 7) is 10.5. The highest BCUT2D eigenvalue weighted by atomic mass is 16.3. The van der Waals surface area contributed by atoms with Gasteiger partial charge in [-0.1, -0.05) is 56.7 Å². The van der Waals surface area contributed by atoms with Gasteiger partial charge >= 0.3 is 0 Å². The van der Waals surface area contributed by atoms with E-state index in [0.717, 1.165) is 25.0 Å². The maximum atomic E-state index is 5.39. The average Bonchev–Trinajstić information content (AvgIpc) is 3.33. The van der Waals surface area contributed by atoms with Gasteiger partial charge in [-0.2, -0.15) is 0 Å². The lowest BCUT2D eigenvalue weighted by Gasteiger charge is -2.17. The summed E-state index contributed by atoms with van der Waals surface area (Å²) in [6, 6.07) is 8.06. The summed E-state index contributed by atoms with van der Waals surface area (Å²) in [5, 5.41) is 0. The molecule has 0 radical (unpaired) electrons. The van der Waals surface area contributed by atoms with Crippen LogP contribution in [-0.4, -0.2) is 4.98 Å². The normalized spacial score (nSPS) is 14.3. The van der Waals surface area contributed by atoms with E-state index in [1.807, 2.05) is 44.4 Å². The summed E-state index contributed by atoms with van der Waals surface area (Å²) in [6.07, 6.45) is 12.8. The molecular formula is C22H27NO. The Bertz CT molecular complexity index is 693. The lowest BCUT2D eigenvalue weighted by molar-refractivity contribution is 0.505. The Morgan fingerprint density at radius 2 is 2.08 bits per heavy atom. The molecule has 0 aromatic carbocycles. The van der Waals surface area contributed by atoms with E-state index in [1.165, 1.54) is 22.3 Å². The van der Waals surface area contributed by atoms with Gasteiger partial charge in [-0.25, -0.2) is 0 Å². The van der Waals surface area contributed by atoms with Crippen LogP contribution in [0.1, 0.15) is 44.9 Å². The van der Waals surface area contributed by atoms with Gasteiger partial charge in [0.1, 0.15) is 5.76 Å². The Kier molecular flexibility index (Phi) is 6.80. The van der Waals surface area contributed by atoms with Gasteiger partial charge in [-0.3, -0.25) is 4.98 Å². The number of nitrogens with zero attached hydrogens (tertiary/aromatic N) is 1. The van der Waals surface area contributed by atoms with Crippen molar-refractivity contribution in [1.29, 1.82) is 0 Å². The zero-order valence-corrected chi connectivity index (χ0v) is 15.0. The zero-order chi connectivity index (χ0) is 17.4. The van der Waals surface area contributed by atoms with E-state index in [-0.39, 0.29) is 0 Å². The molecule has 0 saturated carbocycles. The number of allylic oxidation sites excluding steroid dienone is 5.